The van der Waals surface area contributed by atoms with Crippen LogP contribution in [0.1, 0.15) is 85.8 Å². The second kappa shape index (κ2) is 16.4. The van der Waals surface area contributed by atoms with Gasteiger partial charge in [-0.1, -0.05) is 87.3 Å². The quantitative estimate of drug-likeness (QED) is 0.0946. The summed E-state index contributed by atoms with van der Waals surface area (Å²) in [6.45, 7) is 3.88. The fourth-order valence-corrected chi connectivity index (χ4v) is 4.46. The average molecular weight is 578 g/mol. The average Bonchev–Trinajstić information content (AvgIpc) is 2.98. The molecule has 1 amide bonds. The van der Waals surface area contributed by atoms with Crippen LogP contribution in [0.4, 0.5) is 13.2 Å². The van der Waals surface area contributed by atoms with Crippen LogP contribution in [0.2, 0.25) is 0 Å². The van der Waals surface area contributed by atoms with Crippen molar-refractivity contribution in [1.82, 2.24) is 4.90 Å². The van der Waals surface area contributed by atoms with Crippen molar-refractivity contribution in [2.75, 3.05) is 6.61 Å². The Morgan fingerprint density at radius 1 is 0.690 bits per heavy atom. The zero-order chi connectivity index (χ0) is 30.4. The van der Waals surface area contributed by atoms with Gasteiger partial charge in [-0.05, 0) is 72.9 Å². The van der Waals surface area contributed by atoms with Crippen LogP contribution in [0.15, 0.2) is 72.8 Å². The monoisotopic (exact) mass is 577 g/mol. The number of nitrogens with zero attached hydrogens (tertiary/aromatic N) is 1. The zero-order valence-electron chi connectivity index (χ0n) is 24.3. The molecule has 0 atom stereocenters. The summed E-state index contributed by atoms with van der Waals surface area (Å²) in [4.78, 5) is 26.2. The molecule has 0 heterocycles. The molecule has 0 bridgehead atoms. The van der Waals surface area contributed by atoms with E-state index in [4.69, 9.17) is 4.74 Å². The number of hydrogen-bond donors (Lipinski definition) is 0. The summed E-state index contributed by atoms with van der Waals surface area (Å²) >= 11 is 0. The molecule has 42 heavy (non-hydrogen) atoms. The number of carbonyl (C=O) groups is 2. The molecule has 0 aliphatic heterocycles. The van der Waals surface area contributed by atoms with Gasteiger partial charge in [-0.25, -0.2) is 4.79 Å². The molecule has 3 aromatic rings. The maximum Gasteiger partial charge on any atom is 0.416 e. The largest absolute Gasteiger partial charge is 0.459 e. The molecule has 0 saturated heterocycles. The van der Waals surface area contributed by atoms with Gasteiger partial charge in [0.1, 0.15) is 0 Å². The molecule has 0 saturated carbocycles. The van der Waals surface area contributed by atoms with E-state index in [1.54, 1.807) is 6.92 Å². The Bertz CT molecular complexity index is 1340. The molecule has 3 aromatic carbocycles. The molecule has 0 N–H and O–H groups in total. The lowest BCUT2D eigenvalue weighted by Gasteiger charge is -2.22. The molecule has 0 aliphatic carbocycles. The Labute approximate surface area is 246 Å². The van der Waals surface area contributed by atoms with E-state index in [0.717, 1.165) is 35.2 Å². The number of alkyl halides is 3. The minimum atomic E-state index is -4.46. The van der Waals surface area contributed by atoms with E-state index in [2.05, 4.69) is 30.9 Å². The lowest BCUT2D eigenvalue weighted by molar-refractivity contribution is -0.160. The van der Waals surface area contributed by atoms with Crippen molar-refractivity contribution in [1.29, 1.82) is 0 Å². The summed E-state index contributed by atoms with van der Waals surface area (Å²) < 4.78 is 43.7. The first-order valence-corrected chi connectivity index (χ1v) is 14.5. The van der Waals surface area contributed by atoms with Crippen molar-refractivity contribution in [3.63, 3.8) is 0 Å². The number of esters is 1. The van der Waals surface area contributed by atoms with Crippen LogP contribution in [0.5, 0.6) is 0 Å². The number of unbranched alkanes of at least 4 members (excludes halogenated alkanes) is 5. The zero-order valence-corrected chi connectivity index (χ0v) is 24.3. The third-order valence-electron chi connectivity index (χ3n) is 6.84. The van der Waals surface area contributed by atoms with E-state index in [0.29, 0.717) is 5.56 Å². The van der Waals surface area contributed by atoms with Crippen molar-refractivity contribution in [2.45, 2.75) is 78.1 Å². The van der Waals surface area contributed by atoms with E-state index in [9.17, 15) is 22.8 Å². The highest BCUT2D eigenvalue weighted by atomic mass is 19.4. The molecule has 0 fully saturated rings. The Morgan fingerprint density at radius 2 is 1.17 bits per heavy atom. The van der Waals surface area contributed by atoms with Crippen LogP contribution in [0.25, 0.3) is 0 Å². The summed E-state index contributed by atoms with van der Waals surface area (Å²) in [5, 5.41) is 0. The Morgan fingerprint density at radius 3 is 1.67 bits per heavy atom. The van der Waals surface area contributed by atoms with Crippen molar-refractivity contribution >= 4 is 11.9 Å². The van der Waals surface area contributed by atoms with Gasteiger partial charge >= 0.3 is 18.1 Å². The smallest absolute Gasteiger partial charge is 0.416 e. The maximum atomic E-state index is 12.9. The second-order valence-corrected chi connectivity index (χ2v) is 10.2. The minimum absolute atomic E-state index is 0.0356. The number of benzene rings is 3. The minimum Gasteiger partial charge on any atom is -0.459 e. The van der Waals surface area contributed by atoms with Gasteiger partial charge in [-0.15, -0.1) is 0 Å². The Hall–Kier alpha value is -4.05. The molecular formula is C35H38F3NO3. The summed E-state index contributed by atoms with van der Waals surface area (Å²) in [6, 6.07) is 20.1. The second-order valence-electron chi connectivity index (χ2n) is 10.2. The third-order valence-corrected chi connectivity index (χ3v) is 6.84. The third kappa shape index (κ3) is 10.7. The SMILES string of the molecule is CCCCCCCCc1ccc(C#Cc2ccc(CN(Cc3ccc(C(F)(F)F)cc3)C(=O)C(=O)OCC)cc2)cc1. The van der Waals surface area contributed by atoms with Crippen LogP contribution >= 0.6 is 0 Å². The summed E-state index contributed by atoms with van der Waals surface area (Å²) in [5.74, 6) is 4.46. The number of amides is 1. The molecule has 0 aromatic heterocycles. The van der Waals surface area contributed by atoms with Gasteiger partial charge in [0.05, 0.1) is 12.2 Å². The molecule has 0 radical (unpaired) electrons. The molecule has 0 aliphatic rings. The molecule has 0 spiro atoms. The molecule has 0 unspecified atom stereocenters. The summed E-state index contributed by atoms with van der Waals surface area (Å²) in [5.41, 5.74) is 3.45. The van der Waals surface area contributed by atoms with E-state index < -0.39 is 23.6 Å². The number of carbonyl (C=O) groups excluding carboxylic acids is 2. The van der Waals surface area contributed by atoms with Gasteiger partial charge in [-0.3, -0.25) is 4.79 Å². The highest BCUT2D eigenvalue weighted by Gasteiger charge is 2.30. The highest BCUT2D eigenvalue weighted by Crippen LogP contribution is 2.29. The first-order valence-electron chi connectivity index (χ1n) is 14.5. The Balaban J connectivity index is 1.62. The van der Waals surface area contributed by atoms with E-state index >= 15 is 0 Å². The fourth-order valence-electron chi connectivity index (χ4n) is 4.46. The molecular weight excluding hydrogens is 539 g/mol. The van der Waals surface area contributed by atoms with Crippen LogP contribution in [0.3, 0.4) is 0 Å². The number of halogens is 3. The van der Waals surface area contributed by atoms with E-state index in [-0.39, 0.29) is 19.7 Å². The van der Waals surface area contributed by atoms with Gasteiger partial charge in [0.15, 0.2) is 0 Å². The molecule has 222 valence electrons. The molecule has 3 rings (SSSR count). The summed E-state index contributed by atoms with van der Waals surface area (Å²) in [7, 11) is 0. The predicted octanol–water partition coefficient (Wildman–Crippen LogP) is 8.10. The lowest BCUT2D eigenvalue weighted by Crippen LogP contribution is -2.36. The first kappa shape index (κ1) is 32.5. The molecule has 7 heteroatoms. The summed E-state index contributed by atoms with van der Waals surface area (Å²) in [6.07, 6.45) is 4.28. The van der Waals surface area contributed by atoms with Gasteiger partial charge in [0, 0.05) is 24.2 Å². The first-order chi connectivity index (χ1) is 20.2. The highest BCUT2D eigenvalue weighted by molar-refractivity contribution is 6.32. The van der Waals surface area contributed by atoms with E-state index in [1.807, 2.05) is 36.4 Å². The van der Waals surface area contributed by atoms with Crippen LogP contribution in [-0.4, -0.2) is 23.4 Å². The number of ether oxygens (including phenoxy) is 1. The van der Waals surface area contributed by atoms with Gasteiger partial charge in [-0.2, -0.15) is 13.2 Å². The molecule has 4 nitrogen and oxygen atoms in total. The van der Waals surface area contributed by atoms with Crippen LogP contribution in [0, 0.1) is 11.8 Å². The van der Waals surface area contributed by atoms with Crippen LogP contribution < -0.4 is 0 Å². The van der Waals surface area contributed by atoms with E-state index in [1.165, 1.54) is 61.1 Å². The standard InChI is InChI=1S/C35H38F3NO3/c1-3-5-6-7-8-9-10-27-11-13-28(14-12-27)15-16-29-17-19-30(20-18-29)25-39(33(40)34(41)42-4-2)26-31-21-23-32(24-22-31)35(36,37)38/h11-14,17-24H,3-10,25-26H2,1-2H3. The maximum absolute atomic E-state index is 12.9. The van der Waals surface area contributed by atoms with Gasteiger partial charge < -0.3 is 9.64 Å². The predicted molar refractivity (Wildman–Crippen MR) is 158 cm³/mol. The number of rotatable bonds is 12. The number of aryl methyl sites for hydroxylation is 1. The van der Waals surface area contributed by atoms with Crippen LogP contribution in [-0.2, 0) is 40.0 Å². The van der Waals surface area contributed by atoms with Gasteiger partial charge in [0.25, 0.3) is 0 Å². The fraction of sp³-hybridized carbons (Fsp3) is 0.371. The van der Waals surface area contributed by atoms with Crippen molar-refractivity contribution in [2.24, 2.45) is 0 Å². The van der Waals surface area contributed by atoms with Crippen molar-refractivity contribution < 1.29 is 27.5 Å². The normalized spacial score (nSPS) is 11.0. The number of hydrogen-bond acceptors (Lipinski definition) is 3. The van der Waals surface area contributed by atoms with Crippen molar-refractivity contribution in [3.8, 4) is 11.8 Å². The van der Waals surface area contributed by atoms with Crippen molar-refractivity contribution in [3.05, 3.63) is 106 Å². The lowest BCUT2D eigenvalue weighted by atomic mass is 10.0. The van der Waals surface area contributed by atoms with Gasteiger partial charge in [0.2, 0.25) is 0 Å². The Kier molecular flexibility index (Phi) is 12.7. The topological polar surface area (TPSA) is 46.6 Å².